The van der Waals surface area contributed by atoms with E-state index < -0.39 is 0 Å². The molecule has 4 aromatic rings. The molecule has 2 N–H and O–H groups in total. The molecule has 178 valence electrons. The summed E-state index contributed by atoms with van der Waals surface area (Å²) in [7, 11) is 0. The third-order valence-corrected chi connectivity index (χ3v) is 7.49. The number of nitrogens with zero attached hydrogens (tertiary/aromatic N) is 3. The van der Waals surface area contributed by atoms with Gasteiger partial charge in [-0.05, 0) is 48.8 Å². The normalized spacial score (nSPS) is 23.2. The Morgan fingerprint density at radius 1 is 1.20 bits per heavy atom. The van der Waals surface area contributed by atoms with Crippen LogP contribution in [-0.4, -0.2) is 38.4 Å². The second kappa shape index (κ2) is 8.46. The van der Waals surface area contributed by atoms with Crippen LogP contribution < -0.4 is 10.9 Å². The zero-order valence-corrected chi connectivity index (χ0v) is 19.4. The first-order chi connectivity index (χ1) is 17.0. The summed E-state index contributed by atoms with van der Waals surface area (Å²) in [6.07, 6.45) is 9.24. The van der Waals surface area contributed by atoms with Crippen molar-refractivity contribution in [2.45, 2.75) is 44.2 Å². The molecule has 0 radical (unpaired) electrons. The first kappa shape index (κ1) is 21.7. The quantitative estimate of drug-likeness (QED) is 0.317. The van der Waals surface area contributed by atoms with Gasteiger partial charge in [-0.25, -0.2) is 9.61 Å². The van der Waals surface area contributed by atoms with Crippen LogP contribution in [0.3, 0.4) is 0 Å². The lowest BCUT2D eigenvalue weighted by Gasteiger charge is -2.57. The van der Waals surface area contributed by atoms with Crippen LogP contribution in [0.4, 0.5) is 0 Å². The van der Waals surface area contributed by atoms with E-state index in [0.717, 1.165) is 47.8 Å². The van der Waals surface area contributed by atoms with Crippen molar-refractivity contribution in [3.8, 4) is 0 Å². The molecule has 35 heavy (non-hydrogen) atoms. The Kier molecular flexibility index (Phi) is 5.25. The molecule has 0 bridgehead atoms. The summed E-state index contributed by atoms with van der Waals surface area (Å²) < 4.78 is 7.21. The van der Waals surface area contributed by atoms with E-state index in [1.807, 2.05) is 42.6 Å². The molecule has 2 saturated carbocycles. The van der Waals surface area contributed by atoms with E-state index in [0.29, 0.717) is 30.1 Å². The van der Waals surface area contributed by atoms with Gasteiger partial charge in [0.1, 0.15) is 0 Å². The van der Waals surface area contributed by atoms with Crippen LogP contribution in [0.5, 0.6) is 0 Å². The number of rotatable bonds is 7. The maximum atomic E-state index is 13.0. The van der Waals surface area contributed by atoms with Gasteiger partial charge in [0, 0.05) is 23.5 Å². The highest BCUT2D eigenvalue weighted by atomic mass is 16.5. The van der Waals surface area contributed by atoms with Crippen molar-refractivity contribution in [2.75, 3.05) is 6.61 Å². The maximum Gasteiger partial charge on any atom is 0.272 e. The molecule has 2 aliphatic carbocycles. The molecule has 3 heterocycles. The van der Waals surface area contributed by atoms with Gasteiger partial charge in [0.25, 0.3) is 11.5 Å². The largest absolute Gasteiger partial charge is 0.373 e. The second-order valence-corrected chi connectivity index (χ2v) is 9.90. The van der Waals surface area contributed by atoms with Gasteiger partial charge >= 0.3 is 0 Å². The van der Waals surface area contributed by atoms with E-state index in [-0.39, 0.29) is 22.9 Å². The summed E-state index contributed by atoms with van der Waals surface area (Å²) in [5.74, 6) is 0.261. The van der Waals surface area contributed by atoms with Crippen LogP contribution in [0.1, 0.15) is 53.2 Å². The van der Waals surface area contributed by atoms with Crippen molar-refractivity contribution >= 4 is 22.2 Å². The molecule has 1 spiro atoms. The number of pyridine rings is 1. The zero-order valence-electron chi connectivity index (χ0n) is 19.4. The third kappa shape index (κ3) is 3.83. The van der Waals surface area contributed by atoms with Crippen LogP contribution in [0.15, 0.2) is 66.2 Å². The smallest absolute Gasteiger partial charge is 0.272 e. The Hall–Kier alpha value is -3.78. The van der Waals surface area contributed by atoms with Crippen LogP contribution in [0.25, 0.3) is 16.3 Å². The van der Waals surface area contributed by atoms with Crippen molar-refractivity contribution in [3.63, 3.8) is 0 Å². The number of nitrogens with one attached hydrogen (secondary N) is 2. The third-order valence-electron chi connectivity index (χ3n) is 7.49. The number of benzene rings is 1. The SMILES string of the molecule is C=CCOCc1ccc2c(C(=O)N[C@H]3CC4(C3)C[C@H](c3n[nH]c(=O)c5ccccc53)C4)cnn2c1. The molecule has 0 saturated heterocycles. The molecule has 2 aliphatic rings. The van der Waals surface area contributed by atoms with E-state index in [1.54, 1.807) is 16.8 Å². The Morgan fingerprint density at radius 3 is 2.80 bits per heavy atom. The Morgan fingerprint density at radius 2 is 2.00 bits per heavy atom. The van der Waals surface area contributed by atoms with E-state index in [9.17, 15) is 9.59 Å². The summed E-state index contributed by atoms with van der Waals surface area (Å²) >= 11 is 0. The van der Waals surface area contributed by atoms with E-state index in [4.69, 9.17) is 4.74 Å². The molecule has 0 atom stereocenters. The fourth-order valence-corrected chi connectivity index (χ4v) is 5.86. The number of amides is 1. The van der Waals surface area contributed by atoms with Crippen molar-refractivity contribution in [1.29, 1.82) is 0 Å². The van der Waals surface area contributed by atoms with Gasteiger partial charge in [0.05, 0.1) is 41.6 Å². The Bertz CT molecular complexity index is 1490. The molecular weight excluding hydrogens is 442 g/mol. The monoisotopic (exact) mass is 469 g/mol. The number of aromatic amines is 1. The molecule has 6 rings (SSSR count). The van der Waals surface area contributed by atoms with Gasteiger partial charge in [0.2, 0.25) is 0 Å². The predicted octanol–water partition coefficient (Wildman–Crippen LogP) is 3.73. The van der Waals surface area contributed by atoms with Gasteiger partial charge in [-0.3, -0.25) is 9.59 Å². The lowest BCUT2D eigenvalue weighted by atomic mass is 9.49. The van der Waals surface area contributed by atoms with Gasteiger partial charge in [-0.2, -0.15) is 10.2 Å². The minimum Gasteiger partial charge on any atom is -0.373 e. The second-order valence-electron chi connectivity index (χ2n) is 9.90. The first-order valence-corrected chi connectivity index (χ1v) is 12.0. The first-order valence-electron chi connectivity index (χ1n) is 12.0. The van der Waals surface area contributed by atoms with Crippen LogP contribution in [-0.2, 0) is 11.3 Å². The minimum absolute atomic E-state index is 0.0836. The van der Waals surface area contributed by atoms with Crippen molar-refractivity contribution < 1.29 is 9.53 Å². The fraction of sp³-hybridized carbons (Fsp3) is 0.333. The minimum atomic E-state index is -0.144. The van der Waals surface area contributed by atoms with Crippen LogP contribution in [0.2, 0.25) is 0 Å². The molecule has 0 aliphatic heterocycles. The highest BCUT2D eigenvalue weighted by Crippen LogP contribution is 2.62. The number of hydrogen-bond donors (Lipinski definition) is 2. The predicted molar refractivity (Wildman–Crippen MR) is 132 cm³/mol. The van der Waals surface area contributed by atoms with Gasteiger partial charge in [-0.1, -0.05) is 30.3 Å². The number of ether oxygens (including phenoxy) is 1. The topological polar surface area (TPSA) is 101 Å². The number of carbonyl (C=O) groups excluding carboxylic acids is 1. The molecule has 3 aromatic heterocycles. The lowest BCUT2D eigenvalue weighted by molar-refractivity contribution is -0.0196. The summed E-state index contributed by atoms with van der Waals surface area (Å²) in [5.41, 5.74) is 3.46. The molecule has 1 aromatic carbocycles. The number of aromatic nitrogens is 4. The summed E-state index contributed by atoms with van der Waals surface area (Å²) in [4.78, 5) is 25.0. The Balaban J connectivity index is 1.07. The molecular formula is C27H27N5O3. The van der Waals surface area contributed by atoms with E-state index in [1.165, 1.54) is 0 Å². The maximum absolute atomic E-state index is 13.0. The van der Waals surface area contributed by atoms with Crippen molar-refractivity contribution in [2.24, 2.45) is 5.41 Å². The van der Waals surface area contributed by atoms with E-state index >= 15 is 0 Å². The zero-order chi connectivity index (χ0) is 24.0. The average molecular weight is 470 g/mol. The average Bonchev–Trinajstić information content (AvgIpc) is 3.24. The molecule has 1 amide bonds. The number of fused-ring (bicyclic) bond motifs is 2. The fourth-order valence-electron chi connectivity index (χ4n) is 5.86. The van der Waals surface area contributed by atoms with Crippen LogP contribution in [0, 0.1) is 5.41 Å². The number of H-pyrrole nitrogens is 1. The van der Waals surface area contributed by atoms with Gasteiger partial charge in [0.15, 0.2) is 0 Å². The van der Waals surface area contributed by atoms with Gasteiger partial charge < -0.3 is 10.1 Å². The summed E-state index contributed by atoms with van der Waals surface area (Å²) in [5, 5.41) is 16.2. The highest BCUT2D eigenvalue weighted by molar-refractivity contribution is 6.00. The summed E-state index contributed by atoms with van der Waals surface area (Å²) in [6.45, 7) is 4.61. The molecule has 2 fully saturated rings. The number of hydrogen-bond acceptors (Lipinski definition) is 5. The van der Waals surface area contributed by atoms with Crippen molar-refractivity contribution in [1.82, 2.24) is 25.1 Å². The van der Waals surface area contributed by atoms with Crippen molar-refractivity contribution in [3.05, 3.63) is 88.6 Å². The van der Waals surface area contributed by atoms with Gasteiger partial charge in [-0.15, -0.1) is 6.58 Å². The highest BCUT2D eigenvalue weighted by Gasteiger charge is 2.54. The lowest BCUT2D eigenvalue weighted by Crippen LogP contribution is -2.55. The summed E-state index contributed by atoms with van der Waals surface area (Å²) in [6, 6.07) is 11.7. The molecule has 8 heteroatoms. The molecule has 0 unspecified atom stereocenters. The Labute approximate surface area is 202 Å². The molecule has 8 nitrogen and oxygen atoms in total. The number of carbonyl (C=O) groups is 1. The standard InChI is InChI=1S/C27H27N5O3/c1-2-9-35-16-17-7-8-23-22(14-28-32(23)15-17)25(33)29-19-12-27(13-19)10-18(11-27)24-20-5-3-4-6-21(20)26(34)31-30-24/h2-8,14-15,18-19H,1,9-13,16H2,(H,29,33)(H,31,34)/t18-,19-,27?. The van der Waals surface area contributed by atoms with E-state index in [2.05, 4.69) is 27.2 Å². The van der Waals surface area contributed by atoms with Crippen LogP contribution >= 0.6 is 0 Å².